The van der Waals surface area contributed by atoms with Gasteiger partial charge >= 0.3 is 36.8 Å². The summed E-state index contributed by atoms with van der Waals surface area (Å²) in [7, 11) is 0. The molecule has 12 aromatic heterocycles. The molecule has 8 aromatic carbocycles. The fourth-order valence-electron chi connectivity index (χ4n) is 14.8. The minimum Gasteiger partial charge on any atom is -0.411 e. The van der Waals surface area contributed by atoms with Gasteiger partial charge in [0.2, 0.25) is 5.82 Å². The first kappa shape index (κ1) is 99.2. The van der Waals surface area contributed by atoms with Crippen molar-refractivity contribution in [2.24, 2.45) is 5.16 Å². The molecule has 0 spiro atoms. The van der Waals surface area contributed by atoms with E-state index in [1.807, 2.05) is 138 Å². The summed E-state index contributed by atoms with van der Waals surface area (Å²) >= 11 is 0. The maximum atomic E-state index is 13.7. The van der Waals surface area contributed by atoms with E-state index in [1.165, 1.54) is 89.9 Å². The third-order valence-electron chi connectivity index (χ3n) is 21.4. The number of aryl methyl sites for hydroxylation is 2. The fourth-order valence-corrected chi connectivity index (χ4v) is 14.8. The predicted molar refractivity (Wildman–Crippen MR) is 512 cm³/mol. The summed E-state index contributed by atoms with van der Waals surface area (Å²) in [6.45, 7) is 14.8. The van der Waals surface area contributed by atoms with Gasteiger partial charge in [-0.2, -0.15) is 70.8 Å². The predicted octanol–water partition coefficient (Wildman–Crippen LogP) is 25.0. The van der Waals surface area contributed by atoms with Crippen LogP contribution in [0.15, 0.2) is 310 Å². The van der Waals surface area contributed by atoms with Crippen LogP contribution in [0.1, 0.15) is 70.8 Å². The van der Waals surface area contributed by atoms with Gasteiger partial charge in [0, 0.05) is 58.7 Å². The molecule has 0 radical (unpaired) electrons. The zero-order chi connectivity index (χ0) is 103. The molecule has 20 aromatic rings. The number of pyridine rings is 4. The van der Waals surface area contributed by atoms with E-state index in [-0.39, 0.29) is 57.3 Å². The Morgan fingerprint density at radius 3 is 1.13 bits per heavy atom. The molecular weight excluding hydrogens is 1920 g/mol. The summed E-state index contributed by atoms with van der Waals surface area (Å²) in [5.74, 6) is 5.06. The van der Waals surface area contributed by atoms with Crippen LogP contribution in [0.3, 0.4) is 0 Å². The minimum atomic E-state index is -4.88. The van der Waals surface area contributed by atoms with Gasteiger partial charge in [-0.15, -0.1) is 11.6 Å². The minimum absolute atomic E-state index is 0.0506. The number of para-hydroxylation sites is 6. The number of aliphatic hydroxyl groups is 1. The third-order valence-corrected chi connectivity index (χ3v) is 21.4. The number of aliphatic hydroxyl groups excluding tert-OH is 1. The molecule has 12 heterocycles. The summed E-state index contributed by atoms with van der Waals surface area (Å²) < 4.78 is 204. The number of alkyl halides is 15. The number of nitrogens with one attached hydrogen (secondary N) is 5. The maximum Gasteiger partial charge on any atom is 0.435 e. The number of nitrogens with two attached hydrogens (primary N) is 1. The number of imidazole rings is 5. The number of fused-ring (bicyclic) bond motifs is 5. The number of nitrogens with zero attached hydrogens (tertiary/aromatic N) is 21. The van der Waals surface area contributed by atoms with Gasteiger partial charge in [0.15, 0.2) is 46.0 Å². The van der Waals surface area contributed by atoms with Crippen LogP contribution in [0.25, 0.3) is 89.5 Å². The number of hydrogen-bond acceptors (Lipinski definition) is 24. The fraction of sp³-hybridized carbons (Fsp3) is 0.101. The van der Waals surface area contributed by atoms with Gasteiger partial charge in [-0.25, -0.2) is 44.4 Å². The molecule has 9 N–H and O–H groups in total. The van der Waals surface area contributed by atoms with E-state index in [1.54, 1.807) is 61.4 Å². The quantitative estimate of drug-likeness (QED) is 0.00987. The standard InChI is InChI=1S/C20H11F6N5O2.C20H13F6N5.C20H18N6O.C20H19N5O.C19H11F3N6/c21-19(22,23)11-4-6-12(7-5-11)27-15-10-13(31(32)33)9-14(28-15)17-18(20(24,25)26)29-16-3-1-2-8-30(16)17;21-19(22,23)11-4-6-13(7-5-11)28-15-10-12(27)9-14(29-15)17-18(20(24,25)26)30-16-3-1-2-8-31(16)17;1-13(25-27)15-7-9-16(10-8-15)23-19-11-21-12-20(24-19)26-14(2)22-17-5-3-4-6-18(17)26;1-13(26)15-7-9-16(10-8-15)23-19-11-21-12-20(24-19)25-14(2)22-17-5-3-4-6-18(17)25;1-23-18-26-14-4-2-3-5-15(14)28(18)17-11-24-10-16(27-17)25-13-8-6-12(7-9-13)19(20,21)22/h1-10H,(H,27,28);1-10H,(H3,27,28,29);3-12,27H,1-2H3,(H,23,24);3-13,26H,1-2H3,(H,23,24);2-11H,(H,25,27)/b;;25-13+;;. The summed E-state index contributed by atoms with van der Waals surface area (Å²) in [5, 5.41) is 47.9. The summed E-state index contributed by atoms with van der Waals surface area (Å²) in [5.41, 5.74) is 9.22. The zero-order valence-corrected chi connectivity index (χ0v) is 75.3. The Hall–Kier alpha value is -18.8. The van der Waals surface area contributed by atoms with Crippen LogP contribution in [0, 0.1) is 30.5 Å². The molecule has 0 fully saturated rings. The highest BCUT2D eigenvalue weighted by atomic mass is 19.4. The van der Waals surface area contributed by atoms with E-state index in [0.717, 1.165) is 121 Å². The maximum absolute atomic E-state index is 13.7. The van der Waals surface area contributed by atoms with Crippen LogP contribution in [-0.4, -0.2) is 108 Å². The molecule has 0 aliphatic rings. The van der Waals surface area contributed by atoms with Gasteiger partial charge in [0.25, 0.3) is 5.69 Å². The zero-order valence-electron chi connectivity index (χ0n) is 75.3. The Kier molecular flexibility index (Phi) is 28.2. The van der Waals surface area contributed by atoms with Gasteiger partial charge < -0.3 is 47.5 Å². The highest BCUT2D eigenvalue weighted by molar-refractivity contribution is 5.98. The number of aromatic nitrogens is 18. The van der Waals surface area contributed by atoms with Gasteiger partial charge in [0.05, 0.1) is 110 Å². The van der Waals surface area contributed by atoms with Gasteiger partial charge in [0.1, 0.15) is 51.5 Å². The SMILES string of the molecule is C/C(=N\O)c1ccc(Nc2cncc(-n3c(C)nc4ccccc43)n2)cc1.Cc1nc2ccccc2n1-c1cncc(Nc2ccc(C(C)O)cc2)n1.Nc1cc(Nc2ccc(C(F)(F)F)cc2)nc(-c2c(C(F)(F)F)nc3ccccn23)c1.O=[N+]([O-])c1cc(Nc2ccc(C(F)(F)F)cc2)nc(-c2c(C(F)(F)F)nc3ccccn23)c1.[C-]#[N+]c1nc2ccccc2n1-c1cncc(Nc2ccc(C(F)(F)F)cc2)n1. The molecule has 20 rings (SSSR count). The molecule has 0 amide bonds. The van der Waals surface area contributed by atoms with Gasteiger partial charge in [-0.1, -0.05) is 78.0 Å². The number of anilines is 11. The lowest BCUT2D eigenvalue weighted by atomic mass is 10.1. The van der Waals surface area contributed by atoms with Crippen molar-refractivity contribution in [3.8, 4) is 40.2 Å². The van der Waals surface area contributed by atoms with Gasteiger partial charge in [-0.05, 0) is 203 Å². The van der Waals surface area contributed by atoms with Crippen molar-refractivity contribution in [1.82, 2.24) is 87.3 Å². The Balaban J connectivity index is 0.000000130. The summed E-state index contributed by atoms with van der Waals surface area (Å²) in [6.07, 6.45) is -11.1. The number of benzene rings is 8. The van der Waals surface area contributed by atoms with Crippen molar-refractivity contribution in [3.63, 3.8) is 0 Å². The molecular formula is C99H72F15N27O4. The topological polar surface area (TPSA) is 378 Å². The number of halogens is 15. The molecule has 0 aliphatic heterocycles. The van der Waals surface area contributed by atoms with Crippen molar-refractivity contribution in [2.45, 2.75) is 64.7 Å². The Morgan fingerprint density at radius 1 is 0.414 bits per heavy atom. The largest absolute Gasteiger partial charge is 0.435 e. The van der Waals surface area contributed by atoms with E-state index in [9.17, 15) is 81.1 Å². The van der Waals surface area contributed by atoms with Crippen molar-refractivity contribution in [1.29, 1.82) is 0 Å². The van der Waals surface area contributed by atoms with Crippen molar-refractivity contribution < 1.29 is 81.1 Å². The molecule has 145 heavy (non-hydrogen) atoms. The third kappa shape index (κ3) is 23.2. The van der Waals surface area contributed by atoms with E-state index in [4.69, 9.17) is 17.5 Å². The molecule has 31 nitrogen and oxygen atoms in total. The number of nitrogen functional groups attached to an aromatic ring is 1. The van der Waals surface area contributed by atoms with Crippen LogP contribution in [0.2, 0.25) is 0 Å². The average molecular weight is 1990 g/mol. The molecule has 732 valence electrons. The smallest absolute Gasteiger partial charge is 0.411 e. The van der Waals surface area contributed by atoms with E-state index in [0.29, 0.717) is 57.3 Å². The van der Waals surface area contributed by atoms with Crippen LogP contribution in [0.5, 0.6) is 0 Å². The first-order chi connectivity index (χ1) is 69.2. The van der Waals surface area contributed by atoms with Crippen molar-refractivity contribution >= 4 is 125 Å². The van der Waals surface area contributed by atoms with E-state index < -0.39 is 87.1 Å². The highest BCUT2D eigenvalue weighted by Crippen LogP contribution is 2.43. The Labute approximate surface area is 808 Å². The lowest BCUT2D eigenvalue weighted by molar-refractivity contribution is -0.384. The van der Waals surface area contributed by atoms with E-state index in [2.05, 4.69) is 101 Å². The second-order valence-corrected chi connectivity index (χ2v) is 31.5. The van der Waals surface area contributed by atoms with Crippen LogP contribution >= 0.6 is 0 Å². The van der Waals surface area contributed by atoms with E-state index >= 15 is 0 Å². The molecule has 0 bridgehead atoms. The Morgan fingerprint density at radius 2 is 0.759 bits per heavy atom. The molecule has 1 unspecified atom stereocenters. The summed E-state index contributed by atoms with van der Waals surface area (Å²) in [6, 6.07) is 64.0. The molecule has 0 aliphatic carbocycles. The summed E-state index contributed by atoms with van der Waals surface area (Å²) in [4.78, 5) is 69.5. The molecule has 0 saturated heterocycles. The number of hydrogen-bond donors (Lipinski definition) is 8. The number of oxime groups is 1. The number of rotatable bonds is 18. The normalized spacial score (nSPS) is 12.0. The first-order valence-corrected chi connectivity index (χ1v) is 42.9. The second-order valence-electron chi connectivity index (χ2n) is 31.5. The number of nitro groups is 1. The van der Waals surface area contributed by atoms with Crippen LogP contribution < -0.4 is 32.3 Å². The van der Waals surface area contributed by atoms with Crippen molar-refractivity contribution in [2.75, 3.05) is 32.3 Å². The van der Waals surface area contributed by atoms with Crippen LogP contribution in [-0.2, 0) is 30.9 Å². The average Bonchev–Trinajstić information content (AvgIpc) is 1.61. The molecule has 46 heteroatoms. The second kappa shape index (κ2) is 41.3. The molecule has 1 atom stereocenters. The van der Waals surface area contributed by atoms with Crippen molar-refractivity contribution in [3.05, 3.63) is 377 Å². The first-order valence-electron chi connectivity index (χ1n) is 42.9. The van der Waals surface area contributed by atoms with Crippen LogP contribution in [0.4, 0.5) is 141 Å². The highest BCUT2D eigenvalue weighted by Gasteiger charge is 2.41. The lowest BCUT2D eigenvalue weighted by Crippen LogP contribution is -2.09. The monoisotopic (exact) mass is 1990 g/mol. The molecule has 0 saturated carbocycles. The van der Waals surface area contributed by atoms with Gasteiger partial charge in [-0.3, -0.25) is 43.0 Å². The lowest BCUT2D eigenvalue weighted by Gasteiger charge is -2.12. The Bertz CT molecular complexity index is 8190.